The van der Waals surface area contributed by atoms with Crippen LogP contribution in [0.3, 0.4) is 0 Å². The fraction of sp³-hybridized carbons (Fsp3) is 0.0417. The van der Waals surface area contributed by atoms with Crippen LogP contribution < -0.4 is 4.57 Å². The number of benzene rings is 3. The Morgan fingerprint density at radius 1 is 0.704 bits per heavy atom. The summed E-state index contributed by atoms with van der Waals surface area (Å²) >= 11 is 0. The summed E-state index contributed by atoms with van der Waals surface area (Å²) in [6.45, 7) is 0.836. The summed E-state index contributed by atoms with van der Waals surface area (Å²) in [5.74, 6) is 0. The lowest BCUT2D eigenvalue weighted by Gasteiger charge is -2.09. The minimum Gasteiger partial charge on any atom is -0.308 e. The van der Waals surface area contributed by atoms with Gasteiger partial charge in [-0.25, -0.2) is 0 Å². The van der Waals surface area contributed by atoms with E-state index in [0.29, 0.717) is 0 Å². The van der Waals surface area contributed by atoms with Crippen molar-refractivity contribution in [1.82, 2.24) is 9.13 Å². The zero-order valence-electron chi connectivity index (χ0n) is 14.6. The molecule has 0 saturated heterocycles. The number of nitrogens with zero attached hydrogens (tertiary/aromatic N) is 3. The predicted molar refractivity (Wildman–Crippen MR) is 109 cm³/mol. The van der Waals surface area contributed by atoms with Crippen LogP contribution in [0.25, 0.3) is 49.3 Å². The fourth-order valence-electron chi connectivity index (χ4n) is 4.90. The van der Waals surface area contributed by atoms with Gasteiger partial charge >= 0.3 is 0 Å². The first-order valence-electron chi connectivity index (χ1n) is 9.33. The standard InChI is InChI=1S/C24H16N3/c1-2-5-18(6-3-1)27-19-11-10-16-8-9-17-12-14-26-15-25-13-4-7-20(27)24(25)22(19)21(16)23(17)26/h1-14H,15H2/q+1. The maximum absolute atomic E-state index is 2.40. The van der Waals surface area contributed by atoms with Crippen molar-refractivity contribution in [3.63, 3.8) is 0 Å². The maximum atomic E-state index is 2.40. The summed E-state index contributed by atoms with van der Waals surface area (Å²) in [6.07, 6.45) is 4.42. The second-order valence-electron chi connectivity index (χ2n) is 7.37. The highest BCUT2D eigenvalue weighted by atomic mass is 15.2. The van der Waals surface area contributed by atoms with E-state index in [9.17, 15) is 0 Å². The Labute approximate surface area is 155 Å². The van der Waals surface area contributed by atoms with Gasteiger partial charge in [0.2, 0.25) is 12.2 Å². The molecule has 0 atom stereocenters. The molecule has 0 N–H and O–H groups in total. The molecule has 0 radical (unpaired) electrons. The minimum atomic E-state index is 0.836. The molecule has 27 heavy (non-hydrogen) atoms. The van der Waals surface area contributed by atoms with Gasteiger partial charge in [-0.1, -0.05) is 30.3 Å². The van der Waals surface area contributed by atoms with Gasteiger partial charge in [0.05, 0.1) is 27.3 Å². The molecule has 4 heterocycles. The van der Waals surface area contributed by atoms with Gasteiger partial charge in [0.25, 0.3) is 0 Å². The number of para-hydroxylation sites is 1. The van der Waals surface area contributed by atoms with Crippen molar-refractivity contribution in [2.45, 2.75) is 6.67 Å². The number of hydrogen-bond donors (Lipinski definition) is 0. The molecule has 126 valence electrons. The lowest BCUT2D eigenvalue weighted by Crippen LogP contribution is -2.35. The molecule has 0 bridgehead atoms. The molecule has 3 aromatic heterocycles. The first-order chi connectivity index (χ1) is 13.4. The van der Waals surface area contributed by atoms with Gasteiger partial charge in [-0.3, -0.25) is 4.57 Å². The zero-order chi connectivity index (χ0) is 17.5. The molecule has 0 spiro atoms. The lowest BCUT2D eigenvalue weighted by atomic mass is 10.0. The average molecular weight is 346 g/mol. The van der Waals surface area contributed by atoms with E-state index < -0.39 is 0 Å². The number of rotatable bonds is 1. The molecule has 7 rings (SSSR count). The Balaban J connectivity index is 1.86. The van der Waals surface area contributed by atoms with Crippen molar-refractivity contribution in [1.29, 1.82) is 0 Å². The molecule has 0 amide bonds. The highest BCUT2D eigenvalue weighted by molar-refractivity contribution is 6.26. The van der Waals surface area contributed by atoms with Crippen molar-refractivity contribution in [2.75, 3.05) is 0 Å². The average Bonchev–Trinajstić information content (AvgIpc) is 3.23. The third kappa shape index (κ3) is 1.56. The molecular formula is C24H16N3+. The van der Waals surface area contributed by atoms with E-state index in [1.807, 2.05) is 0 Å². The second kappa shape index (κ2) is 4.57. The molecule has 0 fully saturated rings. The highest BCUT2D eigenvalue weighted by Gasteiger charge is 2.25. The van der Waals surface area contributed by atoms with Crippen molar-refractivity contribution in [3.05, 3.63) is 85.2 Å². The van der Waals surface area contributed by atoms with Gasteiger partial charge in [0, 0.05) is 23.3 Å². The van der Waals surface area contributed by atoms with Gasteiger partial charge in [0.15, 0.2) is 6.20 Å². The summed E-state index contributed by atoms with van der Waals surface area (Å²) in [4.78, 5) is 0. The van der Waals surface area contributed by atoms with Crippen LogP contribution in [-0.2, 0) is 6.67 Å². The van der Waals surface area contributed by atoms with E-state index in [1.54, 1.807) is 0 Å². The Hall–Kier alpha value is -3.59. The molecular weight excluding hydrogens is 330 g/mol. The van der Waals surface area contributed by atoms with Crippen LogP contribution in [-0.4, -0.2) is 9.13 Å². The second-order valence-corrected chi connectivity index (χ2v) is 7.37. The van der Waals surface area contributed by atoms with Gasteiger partial charge in [-0.15, -0.1) is 0 Å². The summed E-state index contributed by atoms with van der Waals surface area (Å²) in [5, 5.41) is 5.34. The Morgan fingerprint density at radius 2 is 1.56 bits per heavy atom. The normalized spacial score (nSPS) is 13.0. The quantitative estimate of drug-likeness (QED) is 0.371. The summed E-state index contributed by atoms with van der Waals surface area (Å²) in [5.41, 5.74) is 6.39. The molecule has 1 aliphatic heterocycles. The molecule has 3 aromatic carbocycles. The molecule has 6 aromatic rings. The van der Waals surface area contributed by atoms with E-state index in [-0.39, 0.29) is 0 Å². The Bertz CT molecular complexity index is 1530. The van der Waals surface area contributed by atoms with Gasteiger partial charge < -0.3 is 4.57 Å². The monoisotopic (exact) mass is 346 g/mol. The van der Waals surface area contributed by atoms with Crippen molar-refractivity contribution in [3.8, 4) is 5.69 Å². The lowest BCUT2D eigenvalue weighted by molar-refractivity contribution is -0.672. The zero-order valence-corrected chi connectivity index (χ0v) is 14.6. The summed E-state index contributed by atoms with van der Waals surface area (Å²) in [6, 6.07) is 26.4. The van der Waals surface area contributed by atoms with Crippen LogP contribution in [0.4, 0.5) is 0 Å². The van der Waals surface area contributed by atoms with Crippen molar-refractivity contribution >= 4 is 43.6 Å². The third-order valence-electron chi connectivity index (χ3n) is 5.98. The highest BCUT2D eigenvalue weighted by Crippen LogP contribution is 2.39. The van der Waals surface area contributed by atoms with Crippen LogP contribution in [0.15, 0.2) is 85.2 Å². The third-order valence-corrected chi connectivity index (χ3v) is 5.98. The Kier molecular flexibility index (Phi) is 2.30. The van der Waals surface area contributed by atoms with Gasteiger partial charge in [-0.2, -0.15) is 4.57 Å². The van der Waals surface area contributed by atoms with Crippen LogP contribution in [0.1, 0.15) is 0 Å². The molecule has 3 nitrogen and oxygen atoms in total. The van der Waals surface area contributed by atoms with Crippen molar-refractivity contribution in [2.24, 2.45) is 0 Å². The minimum absolute atomic E-state index is 0.836. The summed E-state index contributed by atoms with van der Waals surface area (Å²) < 4.78 is 7.16. The van der Waals surface area contributed by atoms with Crippen LogP contribution in [0.5, 0.6) is 0 Å². The van der Waals surface area contributed by atoms with Crippen LogP contribution in [0.2, 0.25) is 0 Å². The molecule has 0 unspecified atom stereocenters. The van der Waals surface area contributed by atoms with Gasteiger partial charge in [0.1, 0.15) is 0 Å². The SMILES string of the molecule is c1ccc(-n2c3ccc4ccc5cc[n+]6c5c4c3c3c2cccn3C6)cc1. The van der Waals surface area contributed by atoms with Crippen LogP contribution >= 0.6 is 0 Å². The van der Waals surface area contributed by atoms with E-state index in [2.05, 4.69) is 98.9 Å². The van der Waals surface area contributed by atoms with E-state index in [1.165, 1.54) is 49.3 Å². The first-order valence-corrected chi connectivity index (χ1v) is 9.33. The van der Waals surface area contributed by atoms with E-state index in [0.717, 1.165) is 6.67 Å². The maximum Gasteiger partial charge on any atom is 0.228 e. The molecule has 0 saturated carbocycles. The fourth-order valence-corrected chi connectivity index (χ4v) is 4.90. The van der Waals surface area contributed by atoms with Crippen molar-refractivity contribution < 1.29 is 4.57 Å². The molecule has 0 aliphatic carbocycles. The molecule has 3 heteroatoms. The topological polar surface area (TPSA) is 13.7 Å². The Morgan fingerprint density at radius 3 is 2.48 bits per heavy atom. The number of aromatic nitrogens is 3. The predicted octanol–water partition coefficient (Wildman–Crippen LogP) is 5.00. The number of hydrogen-bond acceptors (Lipinski definition) is 0. The number of pyridine rings is 1. The van der Waals surface area contributed by atoms with E-state index >= 15 is 0 Å². The molecule has 1 aliphatic rings. The smallest absolute Gasteiger partial charge is 0.228 e. The van der Waals surface area contributed by atoms with Gasteiger partial charge in [-0.05, 0) is 41.8 Å². The first kappa shape index (κ1) is 13.6. The largest absolute Gasteiger partial charge is 0.308 e. The summed E-state index contributed by atoms with van der Waals surface area (Å²) in [7, 11) is 0. The van der Waals surface area contributed by atoms with Crippen LogP contribution in [0, 0.1) is 0 Å². The van der Waals surface area contributed by atoms with E-state index in [4.69, 9.17) is 0 Å².